The number of fused-ring (bicyclic) bond motifs is 5. The monoisotopic (exact) mass is 590 g/mol. The van der Waals surface area contributed by atoms with Gasteiger partial charge in [-0.15, -0.1) is 0 Å². The van der Waals surface area contributed by atoms with E-state index in [1.54, 1.807) is 7.11 Å². The van der Waals surface area contributed by atoms with Crippen LogP contribution in [-0.2, 0) is 23.7 Å². The molecule has 0 aromatic rings. The van der Waals surface area contributed by atoms with Crippen LogP contribution >= 0.6 is 0 Å². The minimum absolute atomic E-state index is 0.0552. The lowest BCUT2D eigenvalue weighted by atomic mass is 9.37. The Kier molecular flexibility index (Phi) is 8.35. The molecule has 12 atom stereocenters. The molecule has 0 bridgehead atoms. The molecule has 5 rings (SSSR count). The van der Waals surface area contributed by atoms with Crippen LogP contribution < -0.4 is 0 Å². The summed E-state index contributed by atoms with van der Waals surface area (Å²) in [4.78, 5) is 12.0. The van der Waals surface area contributed by atoms with E-state index in [2.05, 4.69) is 40.7 Å². The van der Waals surface area contributed by atoms with E-state index in [1.165, 1.54) is 12.5 Å². The quantitative estimate of drug-likeness (QED) is 0.275. The fraction of sp³-hybridized carbons (Fsp3) is 0.914. The topological polar surface area (TPSA) is 94.5 Å². The molecule has 0 aromatic carbocycles. The summed E-state index contributed by atoms with van der Waals surface area (Å²) in [6.07, 6.45) is 6.83. The van der Waals surface area contributed by atoms with E-state index in [9.17, 15) is 15.0 Å². The molecule has 3 saturated carbocycles. The van der Waals surface area contributed by atoms with Gasteiger partial charge >= 0.3 is 5.97 Å². The highest BCUT2D eigenvalue weighted by Crippen LogP contribution is 2.73. The van der Waals surface area contributed by atoms with Gasteiger partial charge in [0.15, 0.2) is 6.29 Å². The number of esters is 1. The van der Waals surface area contributed by atoms with E-state index < -0.39 is 17.8 Å². The predicted molar refractivity (Wildman–Crippen MR) is 161 cm³/mol. The molecule has 7 nitrogen and oxygen atoms in total. The number of carbonyl (C=O) groups excluding carboxylic acids is 1. The molecule has 5 aliphatic rings. The van der Waals surface area contributed by atoms with E-state index >= 15 is 0 Å². The second-order valence-electron chi connectivity index (χ2n) is 16.2. The Balaban J connectivity index is 1.43. The third kappa shape index (κ3) is 4.66. The fourth-order valence-corrected chi connectivity index (χ4v) is 11.2. The first-order chi connectivity index (χ1) is 19.5. The minimum atomic E-state index is -0.757. The van der Waals surface area contributed by atoms with Crippen molar-refractivity contribution in [3.05, 3.63) is 11.6 Å². The van der Waals surface area contributed by atoms with Crippen molar-refractivity contribution in [2.75, 3.05) is 13.7 Å². The molecular weight excluding hydrogens is 532 g/mol. The standard InChI is InChI=1S/C35H58O7/c1-11-40-30-21(18-23(42-30)29(38)32(5,6)39-10)22-12-13-24-33(22,7)16-14-25-34(8)17-15-28(41-20(2)36)31(3,4)26(34)19-27(37)35(24,25)9/h13,21-23,25-30,37-38H,11-12,14-19H2,1-10H3/t21-,22-,23+,25+,26-,27+,28+,29-,30+,33-,34+,35-/m0/s1. The van der Waals surface area contributed by atoms with Crippen LogP contribution in [0.25, 0.3) is 0 Å². The van der Waals surface area contributed by atoms with Crippen LogP contribution in [-0.4, -0.2) is 66.2 Å². The maximum Gasteiger partial charge on any atom is 0.302 e. The summed E-state index contributed by atoms with van der Waals surface area (Å²) in [6, 6.07) is 0. The first-order valence-corrected chi connectivity index (χ1v) is 16.5. The molecule has 4 fully saturated rings. The van der Waals surface area contributed by atoms with Crippen molar-refractivity contribution < 1.29 is 34.0 Å². The Morgan fingerprint density at radius 2 is 1.81 bits per heavy atom. The molecule has 0 aromatic heterocycles. The van der Waals surface area contributed by atoms with Crippen molar-refractivity contribution >= 4 is 5.97 Å². The van der Waals surface area contributed by atoms with Crippen molar-refractivity contribution in [2.24, 2.45) is 45.3 Å². The lowest BCUT2D eigenvalue weighted by Crippen LogP contribution is -2.65. The number of methoxy groups -OCH3 is 1. The summed E-state index contributed by atoms with van der Waals surface area (Å²) in [6.45, 7) is 19.6. The largest absolute Gasteiger partial charge is 0.462 e. The highest BCUT2D eigenvalue weighted by atomic mass is 16.7. The van der Waals surface area contributed by atoms with Crippen LogP contribution in [0.15, 0.2) is 11.6 Å². The zero-order valence-electron chi connectivity index (χ0n) is 27.9. The molecule has 0 amide bonds. The highest BCUT2D eigenvalue weighted by Gasteiger charge is 2.69. The van der Waals surface area contributed by atoms with Crippen molar-refractivity contribution in [1.82, 2.24) is 0 Å². The van der Waals surface area contributed by atoms with Gasteiger partial charge in [0.05, 0.1) is 17.8 Å². The molecule has 0 spiro atoms. The third-order valence-corrected chi connectivity index (χ3v) is 13.6. The van der Waals surface area contributed by atoms with Gasteiger partial charge in [0.25, 0.3) is 0 Å². The number of hydrogen-bond acceptors (Lipinski definition) is 7. The molecule has 1 heterocycles. The van der Waals surface area contributed by atoms with E-state index in [-0.39, 0.29) is 58.0 Å². The highest BCUT2D eigenvalue weighted by molar-refractivity contribution is 5.66. The zero-order valence-corrected chi connectivity index (χ0v) is 27.9. The van der Waals surface area contributed by atoms with Crippen LogP contribution in [0.3, 0.4) is 0 Å². The lowest BCUT2D eigenvalue weighted by Gasteiger charge is -2.68. The number of aliphatic hydroxyl groups excluding tert-OH is 2. The van der Waals surface area contributed by atoms with Crippen LogP contribution in [0.1, 0.15) is 107 Å². The van der Waals surface area contributed by atoms with E-state index in [1.807, 2.05) is 20.8 Å². The first-order valence-electron chi connectivity index (χ1n) is 16.5. The summed E-state index contributed by atoms with van der Waals surface area (Å²) in [5.74, 6) is 0.886. The molecule has 1 aliphatic heterocycles. The van der Waals surface area contributed by atoms with Crippen LogP contribution in [0.5, 0.6) is 0 Å². The maximum atomic E-state index is 12.2. The van der Waals surface area contributed by atoms with Crippen molar-refractivity contribution in [1.29, 1.82) is 0 Å². The van der Waals surface area contributed by atoms with E-state index in [0.717, 1.165) is 44.9 Å². The normalized spacial score (nSPS) is 47.2. The van der Waals surface area contributed by atoms with Gasteiger partial charge in [-0.3, -0.25) is 4.79 Å². The van der Waals surface area contributed by atoms with Gasteiger partial charge in [0, 0.05) is 37.4 Å². The van der Waals surface area contributed by atoms with Gasteiger partial charge in [0.2, 0.25) is 0 Å². The summed E-state index contributed by atoms with van der Waals surface area (Å²) in [5, 5.41) is 23.4. The summed E-state index contributed by atoms with van der Waals surface area (Å²) in [7, 11) is 1.63. The minimum Gasteiger partial charge on any atom is -0.462 e. The Morgan fingerprint density at radius 3 is 2.43 bits per heavy atom. The van der Waals surface area contributed by atoms with Gasteiger partial charge in [0.1, 0.15) is 12.2 Å². The second kappa shape index (κ2) is 10.8. The number of ether oxygens (including phenoxy) is 4. The summed E-state index contributed by atoms with van der Waals surface area (Å²) >= 11 is 0. The summed E-state index contributed by atoms with van der Waals surface area (Å²) in [5.41, 5.74) is 0.186. The number of aliphatic hydroxyl groups is 2. The van der Waals surface area contributed by atoms with Gasteiger partial charge in [-0.2, -0.15) is 0 Å². The molecule has 42 heavy (non-hydrogen) atoms. The Hall–Kier alpha value is -0.990. The zero-order chi connectivity index (χ0) is 31.0. The molecule has 0 unspecified atom stereocenters. The SMILES string of the molecule is CCO[C@@H]1O[C@@H]([C@H](O)C(C)(C)OC)C[C@H]1[C@@H]1CC=C2[C@]3(C)[C@H](O)C[C@H]4C(C)(C)[C@H](OC(C)=O)CC[C@]4(C)[C@H]3CC[C@]21C. The number of rotatable bonds is 7. The van der Waals surface area contributed by atoms with Gasteiger partial charge < -0.3 is 29.2 Å². The van der Waals surface area contributed by atoms with E-state index in [4.69, 9.17) is 18.9 Å². The molecule has 2 N–H and O–H groups in total. The van der Waals surface area contributed by atoms with Crippen molar-refractivity contribution in [3.8, 4) is 0 Å². The van der Waals surface area contributed by atoms with Gasteiger partial charge in [-0.05, 0) is 94.3 Å². The maximum absolute atomic E-state index is 12.2. The number of hydrogen-bond donors (Lipinski definition) is 2. The Labute approximate surface area is 254 Å². The second-order valence-corrected chi connectivity index (χ2v) is 16.2. The van der Waals surface area contributed by atoms with Crippen LogP contribution in [0, 0.1) is 45.3 Å². The molecule has 0 radical (unpaired) electrons. The molecule has 240 valence electrons. The molecule has 1 saturated heterocycles. The molecule has 4 aliphatic carbocycles. The smallest absolute Gasteiger partial charge is 0.302 e. The average molecular weight is 591 g/mol. The number of allylic oxidation sites excluding steroid dienone is 1. The lowest BCUT2D eigenvalue weighted by molar-refractivity contribution is -0.221. The van der Waals surface area contributed by atoms with Crippen LogP contribution in [0.4, 0.5) is 0 Å². The van der Waals surface area contributed by atoms with Gasteiger partial charge in [-0.25, -0.2) is 0 Å². The Bertz CT molecular complexity index is 1070. The molecule has 7 heteroatoms. The first kappa shape index (κ1) is 32.4. The third-order valence-electron chi connectivity index (χ3n) is 13.6. The van der Waals surface area contributed by atoms with Crippen LogP contribution in [0.2, 0.25) is 0 Å². The Morgan fingerprint density at radius 1 is 1.12 bits per heavy atom. The fourth-order valence-electron chi connectivity index (χ4n) is 11.2. The summed E-state index contributed by atoms with van der Waals surface area (Å²) < 4.78 is 24.1. The number of carbonyl (C=O) groups is 1. The van der Waals surface area contributed by atoms with Crippen molar-refractivity contribution in [2.45, 2.75) is 144 Å². The predicted octanol–water partition coefficient (Wildman–Crippen LogP) is 6.05. The van der Waals surface area contributed by atoms with Gasteiger partial charge in [-0.1, -0.05) is 46.3 Å². The van der Waals surface area contributed by atoms with Crippen molar-refractivity contribution in [3.63, 3.8) is 0 Å². The molecular formula is C35H58O7. The van der Waals surface area contributed by atoms with E-state index in [0.29, 0.717) is 18.4 Å². The average Bonchev–Trinajstić information content (AvgIpc) is 3.48.